The molecule has 180 valence electrons. The lowest BCUT2D eigenvalue weighted by Gasteiger charge is -2.10. The van der Waals surface area contributed by atoms with Crippen LogP contribution in [-0.2, 0) is 22.6 Å². The topological polar surface area (TPSA) is 76.8 Å². The van der Waals surface area contributed by atoms with Crippen LogP contribution in [0.3, 0.4) is 0 Å². The summed E-state index contributed by atoms with van der Waals surface area (Å²) in [7, 11) is 0. The van der Waals surface area contributed by atoms with E-state index in [-0.39, 0.29) is 19.3 Å². The molecule has 0 saturated heterocycles. The van der Waals surface area contributed by atoms with Crippen LogP contribution >= 0.6 is 0 Å². The second-order valence-electron chi connectivity index (χ2n) is 7.68. The molecule has 1 unspecified atom stereocenters. The van der Waals surface area contributed by atoms with Gasteiger partial charge in [-0.05, 0) is 42.5 Å². The van der Waals surface area contributed by atoms with Crippen molar-refractivity contribution in [1.29, 1.82) is 0 Å². The molecule has 34 heavy (non-hydrogen) atoms. The monoisotopic (exact) mass is 466 g/mol. The average molecular weight is 467 g/mol. The number of ether oxygens (including phenoxy) is 2. The van der Waals surface area contributed by atoms with Gasteiger partial charge in [0.05, 0.1) is 30.9 Å². The van der Waals surface area contributed by atoms with Crippen LogP contribution in [0.4, 0.5) is 4.53 Å². The fraction of sp³-hybridized carbons (Fsp3) is 0.346. The van der Waals surface area contributed by atoms with Gasteiger partial charge in [-0.1, -0.05) is 42.5 Å². The van der Waals surface area contributed by atoms with Gasteiger partial charge in [-0.15, -0.1) is 0 Å². The number of nitrogens with one attached hydrogen (secondary N) is 1. The number of hydrogen-bond donors (Lipinski definition) is 1. The van der Waals surface area contributed by atoms with Crippen molar-refractivity contribution in [2.24, 2.45) is 15.2 Å². The first-order chi connectivity index (χ1) is 16.6. The molecule has 8 heteroatoms. The molecule has 0 radical (unpaired) electrons. The molecule has 0 amide bonds. The molecule has 0 fully saturated rings. The van der Waals surface area contributed by atoms with Crippen molar-refractivity contribution in [3.05, 3.63) is 77.1 Å². The van der Waals surface area contributed by atoms with E-state index in [0.717, 1.165) is 41.5 Å². The number of fused-ring (bicyclic) bond motifs is 1. The van der Waals surface area contributed by atoms with Gasteiger partial charge < -0.3 is 14.8 Å². The summed E-state index contributed by atoms with van der Waals surface area (Å²) in [6.07, 6.45) is 13.6. The van der Waals surface area contributed by atoms with Crippen molar-refractivity contribution in [2.45, 2.75) is 39.8 Å². The van der Waals surface area contributed by atoms with E-state index in [9.17, 15) is 4.53 Å². The van der Waals surface area contributed by atoms with Gasteiger partial charge in [-0.25, -0.2) is 4.99 Å². The molecule has 7 nitrogen and oxygen atoms in total. The molecule has 1 N–H and O–H groups in total. The molecule has 0 spiro atoms. The van der Waals surface area contributed by atoms with Crippen LogP contribution in [0.15, 0.2) is 81.1 Å². The van der Waals surface area contributed by atoms with Crippen LogP contribution in [-0.4, -0.2) is 43.7 Å². The number of benzene rings is 1. The Bertz CT molecular complexity index is 1050. The predicted octanol–water partition coefficient (Wildman–Crippen LogP) is 4.82. The number of hydrogen-bond acceptors (Lipinski definition) is 6. The lowest BCUT2D eigenvalue weighted by Crippen LogP contribution is -2.20. The van der Waals surface area contributed by atoms with E-state index < -0.39 is 0 Å². The molecular weight excluding hydrogens is 435 g/mol. The maximum Gasteiger partial charge on any atom is 0.122 e. The van der Waals surface area contributed by atoms with Crippen molar-refractivity contribution in [2.75, 3.05) is 19.8 Å². The molecule has 0 saturated carbocycles. The largest absolute Gasteiger partial charge is 0.493 e. The van der Waals surface area contributed by atoms with Crippen LogP contribution in [0.2, 0.25) is 0 Å². The minimum absolute atomic E-state index is 0.107. The Morgan fingerprint density at radius 1 is 1.26 bits per heavy atom. The van der Waals surface area contributed by atoms with Crippen molar-refractivity contribution in [1.82, 2.24) is 5.32 Å². The zero-order chi connectivity index (χ0) is 24.2. The summed E-state index contributed by atoms with van der Waals surface area (Å²) in [5.41, 5.74) is 4.94. The van der Waals surface area contributed by atoms with Gasteiger partial charge in [0.15, 0.2) is 0 Å². The van der Waals surface area contributed by atoms with E-state index in [1.54, 1.807) is 12.4 Å². The maximum absolute atomic E-state index is 11.9. The molecule has 0 aromatic heterocycles. The number of halogens is 1. The average Bonchev–Trinajstić information content (AvgIpc) is 3.22. The Hall–Kier alpha value is -3.36. The van der Waals surface area contributed by atoms with Gasteiger partial charge in [-0.3, -0.25) is 0 Å². The second kappa shape index (κ2) is 13.4. The first-order valence-corrected chi connectivity index (χ1v) is 11.3. The molecule has 3 rings (SSSR count). The van der Waals surface area contributed by atoms with E-state index in [1.165, 1.54) is 11.1 Å². The highest BCUT2D eigenvalue weighted by atomic mass is 19.3. The number of nitrogens with zero attached hydrogens (tertiary/aromatic N) is 3. The highest BCUT2D eigenvalue weighted by molar-refractivity contribution is 6.03. The summed E-state index contributed by atoms with van der Waals surface area (Å²) in [5, 5.41) is 11.7. The van der Waals surface area contributed by atoms with Crippen molar-refractivity contribution in [3.63, 3.8) is 0 Å². The van der Waals surface area contributed by atoms with E-state index in [1.807, 2.05) is 63.3 Å². The van der Waals surface area contributed by atoms with Crippen LogP contribution in [0.1, 0.15) is 31.9 Å². The number of amidine groups is 1. The normalized spacial score (nSPS) is 18.6. The maximum atomic E-state index is 11.9. The molecule has 1 aromatic carbocycles. The van der Waals surface area contributed by atoms with Gasteiger partial charge in [-0.2, -0.15) is 15.1 Å². The minimum Gasteiger partial charge on any atom is -0.493 e. The van der Waals surface area contributed by atoms with E-state index in [4.69, 9.17) is 9.47 Å². The Morgan fingerprint density at radius 3 is 2.97 bits per heavy atom. The number of allylic oxidation sites excluding steroid dienone is 5. The summed E-state index contributed by atoms with van der Waals surface area (Å²) in [6, 6.07) is 6.13. The Kier molecular flexibility index (Phi) is 9.94. The van der Waals surface area contributed by atoms with Gasteiger partial charge in [0, 0.05) is 36.5 Å². The molecular formula is C26H31FN4O3. The third-order valence-corrected chi connectivity index (χ3v) is 5.30. The van der Waals surface area contributed by atoms with Gasteiger partial charge >= 0.3 is 0 Å². The lowest BCUT2D eigenvalue weighted by molar-refractivity contribution is -0.147. The quantitative estimate of drug-likeness (QED) is 0.232. The second-order valence-corrected chi connectivity index (χ2v) is 7.68. The zero-order valence-electron chi connectivity index (χ0n) is 19.8. The number of rotatable bonds is 10. The Balaban J connectivity index is 1.75. The van der Waals surface area contributed by atoms with Gasteiger partial charge in [0.1, 0.15) is 12.4 Å². The number of aliphatic imine (C=N–C) groups is 1. The molecule has 1 aromatic rings. The molecule has 1 aliphatic heterocycles. The fourth-order valence-electron chi connectivity index (χ4n) is 3.56. The van der Waals surface area contributed by atoms with Crippen molar-refractivity contribution in [3.8, 4) is 5.75 Å². The van der Waals surface area contributed by atoms with Crippen molar-refractivity contribution < 1.29 is 18.9 Å². The molecule has 0 bridgehead atoms. The highest BCUT2D eigenvalue weighted by Crippen LogP contribution is 2.28. The highest BCUT2D eigenvalue weighted by Gasteiger charge is 2.15. The molecule has 2 aliphatic rings. The Morgan fingerprint density at radius 2 is 2.15 bits per heavy atom. The third-order valence-electron chi connectivity index (χ3n) is 5.30. The van der Waals surface area contributed by atoms with Gasteiger partial charge in [0.2, 0.25) is 0 Å². The zero-order valence-corrected chi connectivity index (χ0v) is 19.8. The lowest BCUT2D eigenvalue weighted by atomic mass is 10.0. The minimum atomic E-state index is -0.278. The summed E-state index contributed by atoms with van der Waals surface area (Å²) >= 11 is 0. The SMILES string of the molecule is C\C=N/N=C(C)/C(=C\N=C(/C)NCc1cccc2c1CCO2)C1=CC=CC(OCCOF)C=C1. The first-order valence-electron chi connectivity index (χ1n) is 11.3. The summed E-state index contributed by atoms with van der Waals surface area (Å²) in [6.45, 7) is 7.09. The van der Waals surface area contributed by atoms with E-state index in [0.29, 0.717) is 6.54 Å². The fourth-order valence-corrected chi connectivity index (χ4v) is 3.56. The van der Waals surface area contributed by atoms with E-state index in [2.05, 4.69) is 31.5 Å². The predicted molar refractivity (Wildman–Crippen MR) is 134 cm³/mol. The molecule has 1 atom stereocenters. The van der Waals surface area contributed by atoms with Crippen LogP contribution in [0, 0.1) is 0 Å². The summed E-state index contributed by atoms with van der Waals surface area (Å²) in [4.78, 5) is 8.20. The van der Waals surface area contributed by atoms with Gasteiger partial charge in [0.25, 0.3) is 0 Å². The first kappa shape index (κ1) is 25.3. The van der Waals surface area contributed by atoms with Crippen LogP contribution in [0.5, 0.6) is 5.75 Å². The van der Waals surface area contributed by atoms with Crippen LogP contribution < -0.4 is 10.1 Å². The standard InChI is InChI=1S/C26H31FN4O3/c1-4-30-31-19(2)25(21-7-5-9-23(12-11-21)32-15-16-34-27)18-29-20(3)28-17-22-8-6-10-26-24(22)13-14-33-26/h4-12,18,23H,13-17H2,1-3H3,(H,28,29)/b25-18+,30-4-,31-19+. The molecule has 1 heterocycles. The third kappa shape index (κ3) is 7.33. The van der Waals surface area contributed by atoms with Crippen molar-refractivity contribution >= 4 is 17.8 Å². The molecule has 1 aliphatic carbocycles. The Labute approximate surface area is 200 Å². The smallest absolute Gasteiger partial charge is 0.122 e. The summed E-state index contributed by atoms with van der Waals surface area (Å²) < 4.78 is 23.1. The van der Waals surface area contributed by atoms with Crippen LogP contribution in [0.25, 0.3) is 0 Å². The summed E-state index contributed by atoms with van der Waals surface area (Å²) in [5.74, 6) is 1.75. The van der Waals surface area contributed by atoms with E-state index >= 15 is 0 Å².